The number of methoxy groups -OCH3 is 1. The predicted molar refractivity (Wildman–Crippen MR) is 61.5 cm³/mol. The quantitative estimate of drug-likeness (QED) is 0.613. The lowest BCUT2D eigenvalue weighted by molar-refractivity contribution is -0.140. The fourth-order valence-corrected chi connectivity index (χ4v) is 1.89. The largest absolute Gasteiger partial charge is 0.469 e. The molecular weight excluding hydrogens is 254 g/mol. The third-order valence-corrected chi connectivity index (χ3v) is 2.75. The van der Waals surface area contributed by atoms with Crippen LogP contribution in [0.5, 0.6) is 0 Å². The Morgan fingerprint density at radius 1 is 1.50 bits per heavy atom. The number of ether oxygens (including phenoxy) is 1. The summed E-state index contributed by atoms with van der Waals surface area (Å²) >= 11 is 11.4. The van der Waals surface area contributed by atoms with Crippen LogP contribution in [0, 0.1) is 5.82 Å². The maximum Gasteiger partial charge on any atom is 0.306 e. The molecule has 0 fully saturated rings. The van der Waals surface area contributed by atoms with Crippen molar-refractivity contribution in [1.82, 2.24) is 0 Å². The van der Waals surface area contributed by atoms with Gasteiger partial charge in [-0.3, -0.25) is 4.79 Å². The van der Waals surface area contributed by atoms with Crippen molar-refractivity contribution in [3.8, 4) is 0 Å². The average Bonchev–Trinajstić information content (AvgIpc) is 2.22. The van der Waals surface area contributed by atoms with Crippen molar-refractivity contribution < 1.29 is 13.9 Å². The zero-order valence-corrected chi connectivity index (χ0v) is 10.4. The molecule has 0 aliphatic heterocycles. The van der Waals surface area contributed by atoms with Crippen LogP contribution in [0.4, 0.5) is 4.39 Å². The molecule has 1 unspecified atom stereocenters. The fourth-order valence-electron chi connectivity index (χ4n) is 1.38. The second-order valence-corrected chi connectivity index (χ2v) is 4.32. The smallest absolute Gasteiger partial charge is 0.306 e. The molecule has 0 aliphatic carbocycles. The van der Waals surface area contributed by atoms with E-state index in [-0.39, 0.29) is 17.4 Å². The van der Waals surface area contributed by atoms with Crippen LogP contribution in [0.25, 0.3) is 0 Å². The first-order valence-electron chi connectivity index (χ1n) is 4.67. The molecule has 0 aliphatic rings. The van der Waals surface area contributed by atoms with Crippen LogP contribution in [-0.4, -0.2) is 13.1 Å². The summed E-state index contributed by atoms with van der Waals surface area (Å²) in [5, 5.41) is 0.303. The zero-order valence-electron chi connectivity index (χ0n) is 8.89. The van der Waals surface area contributed by atoms with Gasteiger partial charge in [-0.25, -0.2) is 4.39 Å². The van der Waals surface area contributed by atoms with Gasteiger partial charge in [-0.1, -0.05) is 30.1 Å². The number of halogens is 3. The topological polar surface area (TPSA) is 26.3 Å². The van der Waals surface area contributed by atoms with Gasteiger partial charge in [-0.05, 0) is 23.6 Å². The van der Waals surface area contributed by atoms with Gasteiger partial charge < -0.3 is 4.74 Å². The summed E-state index contributed by atoms with van der Waals surface area (Å²) < 4.78 is 18.2. The minimum atomic E-state index is -0.539. The molecule has 88 valence electrons. The van der Waals surface area contributed by atoms with Gasteiger partial charge in [0.2, 0.25) is 0 Å². The van der Waals surface area contributed by atoms with Crippen LogP contribution < -0.4 is 0 Å². The molecule has 0 spiro atoms. The average molecular weight is 265 g/mol. The van der Waals surface area contributed by atoms with E-state index in [1.807, 2.05) is 0 Å². The highest BCUT2D eigenvalue weighted by atomic mass is 35.5. The van der Waals surface area contributed by atoms with Gasteiger partial charge in [0.15, 0.2) is 0 Å². The molecule has 2 nitrogen and oxygen atoms in total. The summed E-state index contributed by atoms with van der Waals surface area (Å²) in [6, 6.07) is 2.79. The Morgan fingerprint density at radius 2 is 2.12 bits per heavy atom. The lowest BCUT2D eigenvalue weighted by Gasteiger charge is -2.12. The minimum Gasteiger partial charge on any atom is -0.469 e. The molecule has 0 saturated carbocycles. The first kappa shape index (κ1) is 13.3. The maximum absolute atomic E-state index is 13.6. The van der Waals surface area contributed by atoms with Gasteiger partial charge in [0.25, 0.3) is 0 Å². The van der Waals surface area contributed by atoms with Gasteiger partial charge in [0, 0.05) is 5.02 Å². The molecule has 5 heteroatoms. The van der Waals surface area contributed by atoms with E-state index in [1.54, 1.807) is 6.92 Å². The molecule has 0 radical (unpaired) electrons. The number of hydrogen-bond acceptors (Lipinski definition) is 2. The zero-order chi connectivity index (χ0) is 12.3. The summed E-state index contributed by atoms with van der Waals surface area (Å²) in [6.45, 7) is 1.71. The number of esters is 1. The van der Waals surface area contributed by atoms with Crippen LogP contribution in [0.1, 0.15) is 24.8 Å². The van der Waals surface area contributed by atoms with E-state index in [1.165, 1.54) is 19.2 Å². The van der Waals surface area contributed by atoms with Crippen molar-refractivity contribution in [3.63, 3.8) is 0 Å². The Labute approximate surface area is 103 Å². The SMILES string of the molecule is COC(=O)CC(C)c1cc(Cl)cc(Cl)c1F. The van der Waals surface area contributed by atoms with E-state index in [0.29, 0.717) is 10.6 Å². The van der Waals surface area contributed by atoms with Crippen molar-refractivity contribution in [2.45, 2.75) is 19.3 Å². The van der Waals surface area contributed by atoms with E-state index >= 15 is 0 Å². The number of carbonyl (C=O) groups excluding carboxylic acids is 1. The number of hydrogen-bond donors (Lipinski definition) is 0. The maximum atomic E-state index is 13.6. The standard InChI is InChI=1S/C11H11Cl2FO2/c1-6(3-10(15)16-2)8-4-7(12)5-9(13)11(8)14/h4-6H,3H2,1-2H3. The highest BCUT2D eigenvalue weighted by Gasteiger charge is 2.18. The van der Waals surface area contributed by atoms with Gasteiger partial charge >= 0.3 is 5.97 Å². The Bertz CT molecular complexity index is 407. The molecule has 0 saturated heterocycles. The minimum absolute atomic E-state index is 0.0424. The van der Waals surface area contributed by atoms with Crippen molar-refractivity contribution in [2.75, 3.05) is 7.11 Å². The normalized spacial score (nSPS) is 12.3. The van der Waals surface area contributed by atoms with Crippen molar-refractivity contribution in [1.29, 1.82) is 0 Å². The van der Waals surface area contributed by atoms with Crippen molar-refractivity contribution >= 4 is 29.2 Å². The molecule has 16 heavy (non-hydrogen) atoms. The molecule has 1 atom stereocenters. The molecule has 1 rings (SSSR count). The molecule has 0 N–H and O–H groups in total. The Morgan fingerprint density at radius 3 is 2.69 bits per heavy atom. The summed E-state index contributed by atoms with van der Waals surface area (Å²) in [7, 11) is 1.29. The molecule has 0 aromatic heterocycles. The van der Waals surface area contributed by atoms with Crippen LogP contribution in [0.2, 0.25) is 10.0 Å². The summed E-state index contributed by atoms with van der Waals surface area (Å²) in [5.74, 6) is -1.27. The van der Waals surface area contributed by atoms with Crippen LogP contribution in [-0.2, 0) is 9.53 Å². The highest BCUT2D eigenvalue weighted by molar-refractivity contribution is 6.34. The highest BCUT2D eigenvalue weighted by Crippen LogP contribution is 2.30. The van der Waals surface area contributed by atoms with Crippen LogP contribution >= 0.6 is 23.2 Å². The number of benzene rings is 1. The first-order chi connectivity index (χ1) is 7.45. The molecule has 1 aromatic carbocycles. The molecular formula is C11H11Cl2FO2. The number of carbonyl (C=O) groups is 1. The van der Waals surface area contributed by atoms with Gasteiger partial charge in [0.1, 0.15) is 5.82 Å². The van der Waals surface area contributed by atoms with E-state index in [0.717, 1.165) is 0 Å². The van der Waals surface area contributed by atoms with E-state index in [9.17, 15) is 9.18 Å². The summed E-state index contributed by atoms with van der Waals surface area (Å²) in [4.78, 5) is 11.1. The van der Waals surface area contributed by atoms with E-state index in [2.05, 4.69) is 4.74 Å². The van der Waals surface area contributed by atoms with Gasteiger partial charge in [-0.2, -0.15) is 0 Å². The third kappa shape index (κ3) is 3.09. The Hall–Kier alpha value is -0.800. The van der Waals surface area contributed by atoms with E-state index < -0.39 is 11.8 Å². The van der Waals surface area contributed by atoms with Gasteiger partial charge in [0.05, 0.1) is 18.6 Å². The molecule has 1 aromatic rings. The monoisotopic (exact) mass is 264 g/mol. The predicted octanol–water partition coefficient (Wildman–Crippen LogP) is 3.80. The fraction of sp³-hybridized carbons (Fsp3) is 0.364. The van der Waals surface area contributed by atoms with Gasteiger partial charge in [-0.15, -0.1) is 0 Å². The second-order valence-electron chi connectivity index (χ2n) is 3.47. The molecule has 0 heterocycles. The Kier molecular flexibility index (Phi) is 4.56. The van der Waals surface area contributed by atoms with Crippen LogP contribution in [0.15, 0.2) is 12.1 Å². The lowest BCUT2D eigenvalue weighted by atomic mass is 9.97. The lowest BCUT2D eigenvalue weighted by Crippen LogP contribution is -2.07. The van der Waals surface area contributed by atoms with Crippen molar-refractivity contribution in [2.24, 2.45) is 0 Å². The molecule has 0 bridgehead atoms. The molecule has 0 amide bonds. The van der Waals surface area contributed by atoms with Crippen LogP contribution in [0.3, 0.4) is 0 Å². The first-order valence-corrected chi connectivity index (χ1v) is 5.42. The number of rotatable bonds is 3. The van der Waals surface area contributed by atoms with Crippen molar-refractivity contribution in [3.05, 3.63) is 33.6 Å². The van der Waals surface area contributed by atoms with E-state index in [4.69, 9.17) is 23.2 Å². The second kappa shape index (κ2) is 5.51. The third-order valence-electron chi connectivity index (χ3n) is 2.25. The Balaban J connectivity index is 2.99. The summed E-state index contributed by atoms with van der Waals surface area (Å²) in [6.07, 6.45) is 0.0874. The summed E-state index contributed by atoms with van der Waals surface area (Å²) in [5.41, 5.74) is 0.322.